The van der Waals surface area contributed by atoms with Crippen LogP contribution in [0.25, 0.3) is 10.4 Å². The van der Waals surface area contributed by atoms with Crippen LogP contribution in [0.5, 0.6) is 0 Å². The van der Waals surface area contributed by atoms with E-state index in [1.165, 1.54) is 11.3 Å². The second-order valence-electron chi connectivity index (χ2n) is 7.45. The van der Waals surface area contributed by atoms with Crippen molar-refractivity contribution in [2.75, 3.05) is 18.8 Å². The zero-order chi connectivity index (χ0) is 22.1. The number of thioether (sulfide) groups is 1. The third-order valence-corrected chi connectivity index (χ3v) is 7.27. The molecule has 0 bridgehead atoms. The standard InChI is InChI=1S/C22H24N4O3S2/c1-12-6-5-7-16(10-12)20-19(25-15(4)31-20)22(28)26-8-9-30-17(26)11-23-21(27)18-13(2)29-14(3)24-18/h5-7,10,17H,8-9,11H2,1-4H3,(H,23,27). The number of carbonyl (C=O) groups is 2. The number of hydrogen-bond donors (Lipinski definition) is 1. The second kappa shape index (κ2) is 8.84. The molecule has 0 saturated carbocycles. The van der Waals surface area contributed by atoms with Gasteiger partial charge in [0.05, 0.1) is 15.3 Å². The van der Waals surface area contributed by atoms with Gasteiger partial charge < -0.3 is 14.6 Å². The summed E-state index contributed by atoms with van der Waals surface area (Å²) in [7, 11) is 0. The second-order valence-corrected chi connectivity index (χ2v) is 9.94. The summed E-state index contributed by atoms with van der Waals surface area (Å²) in [6.07, 6.45) is 0. The number of carbonyl (C=O) groups excluding carboxylic acids is 2. The maximum atomic E-state index is 13.4. The van der Waals surface area contributed by atoms with E-state index in [2.05, 4.69) is 21.4 Å². The van der Waals surface area contributed by atoms with Crippen LogP contribution in [-0.2, 0) is 0 Å². The molecule has 1 fully saturated rings. The Hall–Kier alpha value is -2.65. The molecular weight excluding hydrogens is 432 g/mol. The largest absolute Gasteiger partial charge is 0.445 e. The van der Waals surface area contributed by atoms with E-state index in [-0.39, 0.29) is 22.9 Å². The first-order valence-electron chi connectivity index (χ1n) is 10.0. The Morgan fingerprint density at radius 2 is 2.00 bits per heavy atom. The zero-order valence-electron chi connectivity index (χ0n) is 17.9. The lowest BCUT2D eigenvalue weighted by Gasteiger charge is -2.23. The van der Waals surface area contributed by atoms with Crippen molar-refractivity contribution in [3.8, 4) is 10.4 Å². The van der Waals surface area contributed by atoms with Crippen molar-refractivity contribution < 1.29 is 14.0 Å². The Balaban J connectivity index is 1.51. The molecule has 1 aromatic carbocycles. The Labute approximate surface area is 189 Å². The molecule has 3 aromatic rings. The van der Waals surface area contributed by atoms with Gasteiger partial charge in [0, 0.05) is 25.8 Å². The molecule has 1 unspecified atom stereocenters. The molecule has 2 aromatic heterocycles. The van der Waals surface area contributed by atoms with E-state index in [9.17, 15) is 9.59 Å². The predicted molar refractivity (Wildman–Crippen MR) is 123 cm³/mol. The molecule has 0 radical (unpaired) electrons. The zero-order valence-corrected chi connectivity index (χ0v) is 19.5. The number of rotatable bonds is 5. The number of nitrogens with one attached hydrogen (secondary N) is 1. The lowest BCUT2D eigenvalue weighted by Crippen LogP contribution is -2.42. The van der Waals surface area contributed by atoms with Crippen LogP contribution in [0.4, 0.5) is 0 Å². The minimum atomic E-state index is -0.292. The molecule has 1 aliphatic heterocycles. The molecule has 1 N–H and O–H groups in total. The number of benzene rings is 1. The fourth-order valence-electron chi connectivity index (χ4n) is 3.62. The molecule has 31 heavy (non-hydrogen) atoms. The van der Waals surface area contributed by atoms with Crippen LogP contribution >= 0.6 is 23.1 Å². The Morgan fingerprint density at radius 3 is 2.71 bits per heavy atom. The fraction of sp³-hybridized carbons (Fsp3) is 0.364. The lowest BCUT2D eigenvalue weighted by molar-refractivity contribution is 0.0746. The molecule has 1 aliphatic rings. The van der Waals surface area contributed by atoms with Gasteiger partial charge in [-0.05, 0) is 26.3 Å². The summed E-state index contributed by atoms with van der Waals surface area (Å²) in [4.78, 5) is 37.3. The average Bonchev–Trinajstić information content (AvgIpc) is 3.44. The molecule has 3 heterocycles. The van der Waals surface area contributed by atoms with E-state index in [1.807, 2.05) is 32.0 Å². The number of oxazole rings is 1. The molecule has 4 rings (SSSR count). The van der Waals surface area contributed by atoms with Crippen LogP contribution < -0.4 is 5.32 Å². The fourth-order valence-corrected chi connectivity index (χ4v) is 5.68. The molecule has 9 heteroatoms. The highest BCUT2D eigenvalue weighted by atomic mass is 32.2. The van der Waals surface area contributed by atoms with E-state index in [4.69, 9.17) is 4.42 Å². The van der Waals surface area contributed by atoms with Crippen molar-refractivity contribution in [3.05, 3.63) is 57.9 Å². The SMILES string of the molecule is Cc1cccc(-c2sc(C)nc2C(=O)N2CCSC2CNC(=O)c2nc(C)oc2C)c1. The van der Waals surface area contributed by atoms with Gasteiger partial charge in [0.25, 0.3) is 11.8 Å². The summed E-state index contributed by atoms with van der Waals surface area (Å²) in [6, 6.07) is 8.11. The highest BCUT2D eigenvalue weighted by Gasteiger charge is 2.33. The van der Waals surface area contributed by atoms with Crippen LogP contribution in [0.15, 0.2) is 28.7 Å². The minimum absolute atomic E-state index is 0.0985. The van der Waals surface area contributed by atoms with Gasteiger partial charge >= 0.3 is 0 Å². The van der Waals surface area contributed by atoms with Gasteiger partial charge in [0.15, 0.2) is 11.6 Å². The van der Waals surface area contributed by atoms with Gasteiger partial charge in [0.2, 0.25) is 0 Å². The highest BCUT2D eigenvalue weighted by molar-refractivity contribution is 8.00. The van der Waals surface area contributed by atoms with Crippen molar-refractivity contribution >= 4 is 34.9 Å². The van der Waals surface area contributed by atoms with E-state index >= 15 is 0 Å². The molecule has 0 aliphatic carbocycles. The Bertz CT molecular complexity index is 1140. The molecule has 2 amide bonds. The minimum Gasteiger partial charge on any atom is -0.445 e. The van der Waals surface area contributed by atoms with Gasteiger partial charge in [-0.1, -0.05) is 29.8 Å². The molecule has 1 atom stereocenters. The summed E-state index contributed by atoms with van der Waals surface area (Å²) in [5.41, 5.74) is 2.91. The monoisotopic (exact) mass is 456 g/mol. The number of aromatic nitrogens is 2. The van der Waals surface area contributed by atoms with E-state index in [0.717, 1.165) is 26.8 Å². The van der Waals surface area contributed by atoms with Gasteiger partial charge in [-0.2, -0.15) is 0 Å². The molecular formula is C22H24N4O3S2. The van der Waals surface area contributed by atoms with Crippen molar-refractivity contribution in [1.29, 1.82) is 0 Å². The first-order chi connectivity index (χ1) is 14.8. The molecule has 162 valence electrons. The molecule has 1 saturated heterocycles. The summed E-state index contributed by atoms with van der Waals surface area (Å²) in [5, 5.41) is 3.60. The average molecular weight is 457 g/mol. The van der Waals surface area contributed by atoms with Crippen LogP contribution in [0.2, 0.25) is 0 Å². The predicted octanol–water partition coefficient (Wildman–Crippen LogP) is 3.98. The van der Waals surface area contributed by atoms with Gasteiger partial charge in [-0.25, -0.2) is 9.97 Å². The van der Waals surface area contributed by atoms with Crippen molar-refractivity contribution in [1.82, 2.24) is 20.2 Å². The number of amides is 2. The normalized spacial score (nSPS) is 16.0. The van der Waals surface area contributed by atoms with Gasteiger partial charge in [-0.3, -0.25) is 9.59 Å². The number of thiazole rings is 1. The first-order valence-corrected chi connectivity index (χ1v) is 11.9. The topological polar surface area (TPSA) is 88.3 Å². The van der Waals surface area contributed by atoms with Gasteiger partial charge in [0.1, 0.15) is 11.5 Å². The van der Waals surface area contributed by atoms with Crippen molar-refractivity contribution in [3.63, 3.8) is 0 Å². The first kappa shape index (κ1) is 21.6. The van der Waals surface area contributed by atoms with E-state index in [1.54, 1.807) is 30.5 Å². The van der Waals surface area contributed by atoms with E-state index < -0.39 is 0 Å². The molecule has 7 nitrogen and oxygen atoms in total. The summed E-state index contributed by atoms with van der Waals surface area (Å²) < 4.78 is 5.34. The number of hydrogen-bond acceptors (Lipinski definition) is 7. The van der Waals surface area contributed by atoms with Crippen LogP contribution in [0, 0.1) is 27.7 Å². The van der Waals surface area contributed by atoms with Crippen LogP contribution in [-0.4, -0.2) is 50.9 Å². The lowest BCUT2D eigenvalue weighted by atomic mass is 10.1. The van der Waals surface area contributed by atoms with Gasteiger partial charge in [-0.15, -0.1) is 23.1 Å². The Kier molecular flexibility index (Phi) is 6.15. The van der Waals surface area contributed by atoms with Crippen molar-refractivity contribution in [2.24, 2.45) is 0 Å². The summed E-state index contributed by atoms with van der Waals surface area (Å²) in [6.45, 7) is 8.33. The Morgan fingerprint density at radius 1 is 1.19 bits per heavy atom. The smallest absolute Gasteiger partial charge is 0.274 e. The molecule has 0 spiro atoms. The maximum Gasteiger partial charge on any atom is 0.274 e. The summed E-state index contributed by atoms with van der Waals surface area (Å²) in [5.74, 6) is 1.37. The summed E-state index contributed by atoms with van der Waals surface area (Å²) >= 11 is 3.18. The van der Waals surface area contributed by atoms with Crippen molar-refractivity contribution in [2.45, 2.75) is 33.1 Å². The number of nitrogens with zero attached hydrogens (tertiary/aromatic N) is 3. The maximum absolute atomic E-state index is 13.4. The van der Waals surface area contributed by atoms with Crippen LogP contribution in [0.3, 0.4) is 0 Å². The number of aryl methyl sites for hydroxylation is 4. The highest BCUT2D eigenvalue weighted by Crippen LogP contribution is 2.33. The quantitative estimate of drug-likeness (QED) is 0.625. The third kappa shape index (κ3) is 4.52. The third-order valence-electron chi connectivity index (χ3n) is 5.02. The van der Waals surface area contributed by atoms with E-state index in [0.29, 0.717) is 30.4 Å². The van der Waals surface area contributed by atoms with Crippen LogP contribution in [0.1, 0.15) is 43.2 Å².